The third-order valence-corrected chi connectivity index (χ3v) is 11.3. The van der Waals surface area contributed by atoms with Crippen molar-refractivity contribution in [3.63, 3.8) is 0 Å². The molecule has 1 saturated heterocycles. The fourth-order valence-corrected chi connectivity index (χ4v) is 9.38. The molecule has 0 unspecified atom stereocenters. The van der Waals surface area contributed by atoms with E-state index in [2.05, 4.69) is 6.92 Å². The van der Waals surface area contributed by atoms with E-state index in [0.717, 1.165) is 29.5 Å². The van der Waals surface area contributed by atoms with Gasteiger partial charge in [-0.1, -0.05) is 55.8 Å². The Kier molecular flexibility index (Phi) is 6.70. The summed E-state index contributed by atoms with van der Waals surface area (Å²) in [4.78, 5) is 25.9. The fraction of sp³-hybridized carbons (Fsp3) is 0.486. The van der Waals surface area contributed by atoms with Crippen LogP contribution in [0.15, 0.2) is 72.3 Å². The summed E-state index contributed by atoms with van der Waals surface area (Å²) in [7, 11) is 0. The number of hydrogen-bond acceptors (Lipinski definition) is 8. The molecule has 2 aromatic rings. The molecule has 0 bridgehead atoms. The van der Waals surface area contributed by atoms with E-state index in [1.54, 1.807) is 18.2 Å². The Morgan fingerprint density at radius 3 is 2.70 bits per heavy atom. The predicted molar refractivity (Wildman–Crippen MR) is 159 cm³/mol. The van der Waals surface area contributed by atoms with Gasteiger partial charge in [0.15, 0.2) is 23.5 Å². The summed E-state index contributed by atoms with van der Waals surface area (Å²) in [6.07, 6.45) is 5.87. The molecule has 7 rings (SSSR count). The van der Waals surface area contributed by atoms with Gasteiger partial charge in [-0.25, -0.2) is 0 Å². The Balaban J connectivity index is 1.14. The largest absolute Gasteiger partial charge is 0.489 e. The number of aliphatic hydroxyl groups is 2. The van der Waals surface area contributed by atoms with Crippen molar-refractivity contribution in [1.29, 1.82) is 0 Å². The molecule has 4 aliphatic carbocycles. The van der Waals surface area contributed by atoms with Crippen LogP contribution in [0, 0.1) is 28.6 Å². The molecule has 0 spiro atoms. The van der Waals surface area contributed by atoms with Crippen LogP contribution in [-0.4, -0.2) is 46.2 Å². The Morgan fingerprint density at radius 1 is 1.16 bits per heavy atom. The van der Waals surface area contributed by atoms with Crippen molar-refractivity contribution >= 4 is 17.3 Å². The number of ether oxygens (including phenoxy) is 3. The van der Waals surface area contributed by atoms with Crippen molar-refractivity contribution in [3.8, 4) is 5.75 Å². The van der Waals surface area contributed by atoms with Crippen LogP contribution in [0.1, 0.15) is 56.9 Å². The first-order valence-corrected chi connectivity index (χ1v) is 15.3. The number of benzene rings is 2. The van der Waals surface area contributed by atoms with E-state index >= 15 is 0 Å². The Morgan fingerprint density at radius 2 is 1.95 bits per heavy atom. The second kappa shape index (κ2) is 10.1. The summed E-state index contributed by atoms with van der Waals surface area (Å²) in [5, 5.41) is 22.0. The van der Waals surface area contributed by atoms with Gasteiger partial charge in [-0.15, -0.1) is 0 Å². The SMILES string of the molecule is C[C@]12C=CC(=O)C=C1CC[C@@H]1[C@@H]2[C@@H](O)C[C@@]2(C)[C@H]1C[C@H]1O[C@@H](c3ccc(COc4cccc(N)c4)cc3)O[C@]12C(=O)CO. The monoisotopic (exact) mass is 585 g/mol. The number of nitrogens with two attached hydrogens (primary N) is 1. The molecule has 1 aliphatic heterocycles. The first-order valence-electron chi connectivity index (χ1n) is 15.3. The molecule has 8 heteroatoms. The van der Waals surface area contributed by atoms with Crippen molar-refractivity contribution in [2.45, 2.75) is 70.2 Å². The first-order chi connectivity index (χ1) is 20.6. The zero-order valence-electron chi connectivity index (χ0n) is 24.6. The molecule has 2 aromatic carbocycles. The number of rotatable bonds is 6. The van der Waals surface area contributed by atoms with Crippen LogP contribution in [-0.2, 0) is 25.7 Å². The quantitative estimate of drug-likeness (QED) is 0.425. The number of Topliss-reactive ketones (excluding diaryl/α,β-unsaturated/α-hetero) is 1. The fourth-order valence-electron chi connectivity index (χ4n) is 9.38. The summed E-state index contributed by atoms with van der Waals surface area (Å²) in [6.45, 7) is 3.88. The number of allylic oxidation sites excluding steroid dienone is 4. The Bertz CT molecular complexity index is 1520. The number of carbonyl (C=O) groups is 2. The van der Waals surface area contributed by atoms with Crippen molar-refractivity contribution in [3.05, 3.63) is 83.5 Å². The van der Waals surface area contributed by atoms with Gasteiger partial charge in [-0.3, -0.25) is 9.59 Å². The standard InChI is InChI=1S/C35H39NO7/c1-33-13-12-24(38)14-22(33)10-11-26-27-16-30-35(29(40)18-37,34(27,2)17-28(39)31(26)33)43-32(42-30)21-8-6-20(7-9-21)19-41-25-5-3-4-23(36)15-25/h3-9,12-15,26-28,30-32,37,39H,10-11,16-19,36H2,1-2H3/t26-,27-,28-,30+,31+,32+,33-,34-,35+/m0/s1. The van der Waals surface area contributed by atoms with E-state index in [1.165, 1.54) is 0 Å². The maximum Gasteiger partial charge on any atom is 0.193 e. The lowest BCUT2D eigenvalue weighted by atomic mass is 9.46. The summed E-state index contributed by atoms with van der Waals surface area (Å²) in [5.74, 6) is 0.391. The molecule has 43 heavy (non-hydrogen) atoms. The number of nitrogen functional groups attached to an aromatic ring is 1. The molecule has 8 nitrogen and oxygen atoms in total. The minimum Gasteiger partial charge on any atom is -0.489 e. The van der Waals surface area contributed by atoms with Crippen LogP contribution in [0.5, 0.6) is 5.75 Å². The maximum absolute atomic E-state index is 13.7. The highest BCUT2D eigenvalue weighted by molar-refractivity contribution is 6.01. The van der Waals surface area contributed by atoms with Crippen molar-refractivity contribution in [2.24, 2.45) is 28.6 Å². The number of ketones is 2. The first kappa shape index (κ1) is 28.5. The Labute approximate surface area is 251 Å². The number of hydrogen-bond donors (Lipinski definition) is 3. The number of aliphatic hydroxyl groups excluding tert-OH is 2. The van der Waals surface area contributed by atoms with E-state index in [-0.39, 0.29) is 23.5 Å². The summed E-state index contributed by atoms with van der Waals surface area (Å²) < 4.78 is 19.1. The lowest BCUT2D eigenvalue weighted by Gasteiger charge is -2.59. The van der Waals surface area contributed by atoms with Gasteiger partial charge in [-0.2, -0.15) is 0 Å². The molecule has 226 valence electrons. The van der Waals surface area contributed by atoms with E-state index in [1.807, 2.05) is 55.5 Å². The van der Waals surface area contributed by atoms with Crippen molar-refractivity contribution < 1.29 is 34.0 Å². The van der Waals surface area contributed by atoms with Crippen LogP contribution < -0.4 is 10.5 Å². The molecule has 0 aromatic heterocycles. The van der Waals surface area contributed by atoms with Gasteiger partial charge in [0.05, 0.1) is 12.2 Å². The smallest absolute Gasteiger partial charge is 0.193 e. The van der Waals surface area contributed by atoms with E-state index in [9.17, 15) is 19.8 Å². The summed E-state index contributed by atoms with van der Waals surface area (Å²) in [6, 6.07) is 15.0. The lowest BCUT2D eigenvalue weighted by Crippen LogP contribution is -2.63. The molecule has 5 aliphatic rings. The van der Waals surface area contributed by atoms with Crippen LogP contribution in [0.4, 0.5) is 5.69 Å². The van der Waals surface area contributed by atoms with Crippen LogP contribution in [0.25, 0.3) is 0 Å². The van der Waals surface area contributed by atoms with Crippen molar-refractivity contribution in [2.75, 3.05) is 12.3 Å². The number of carbonyl (C=O) groups excluding carboxylic acids is 2. The van der Waals surface area contributed by atoms with E-state index in [4.69, 9.17) is 19.9 Å². The lowest BCUT2D eigenvalue weighted by molar-refractivity contribution is -0.201. The highest BCUT2D eigenvalue weighted by atomic mass is 16.7. The molecule has 3 saturated carbocycles. The molecule has 4 N–H and O–H groups in total. The molecular weight excluding hydrogens is 546 g/mol. The molecule has 4 fully saturated rings. The molecule has 0 radical (unpaired) electrons. The molecule has 9 atom stereocenters. The normalized spacial score (nSPS) is 39.3. The average molecular weight is 586 g/mol. The van der Waals surface area contributed by atoms with Gasteiger partial charge in [0.25, 0.3) is 0 Å². The molecular formula is C35H39NO7. The van der Waals surface area contributed by atoms with Gasteiger partial charge in [0.1, 0.15) is 19.0 Å². The maximum atomic E-state index is 13.7. The van der Waals surface area contributed by atoms with Gasteiger partial charge in [0, 0.05) is 34.1 Å². The minimum absolute atomic E-state index is 0.00117. The molecule has 1 heterocycles. The number of fused-ring (bicyclic) bond motifs is 7. The average Bonchev–Trinajstić information content (AvgIpc) is 3.49. The topological polar surface area (TPSA) is 128 Å². The summed E-state index contributed by atoms with van der Waals surface area (Å²) >= 11 is 0. The van der Waals surface area contributed by atoms with Gasteiger partial charge < -0.3 is 30.2 Å². The van der Waals surface area contributed by atoms with Gasteiger partial charge >= 0.3 is 0 Å². The molecule has 0 amide bonds. The van der Waals surface area contributed by atoms with Gasteiger partial charge in [0.2, 0.25) is 0 Å². The third kappa shape index (κ3) is 4.18. The minimum atomic E-state index is -1.37. The second-order valence-electron chi connectivity index (χ2n) is 13.4. The Hall–Kier alpha value is -3.30. The van der Waals surface area contributed by atoms with Gasteiger partial charge in [-0.05, 0) is 67.4 Å². The zero-order chi connectivity index (χ0) is 30.1. The zero-order valence-corrected chi connectivity index (χ0v) is 24.6. The number of anilines is 1. The van der Waals surface area contributed by atoms with Crippen LogP contribution in [0.2, 0.25) is 0 Å². The van der Waals surface area contributed by atoms with Crippen LogP contribution in [0.3, 0.4) is 0 Å². The van der Waals surface area contributed by atoms with E-state index < -0.39 is 47.3 Å². The predicted octanol–water partition coefficient (Wildman–Crippen LogP) is 4.45. The highest BCUT2D eigenvalue weighted by Crippen LogP contribution is 2.70. The van der Waals surface area contributed by atoms with Crippen molar-refractivity contribution in [1.82, 2.24) is 0 Å². The summed E-state index contributed by atoms with van der Waals surface area (Å²) in [5.41, 5.74) is 6.79. The van der Waals surface area contributed by atoms with Crippen LogP contribution >= 0.6 is 0 Å². The highest BCUT2D eigenvalue weighted by Gasteiger charge is 2.75. The third-order valence-electron chi connectivity index (χ3n) is 11.3. The second-order valence-corrected chi connectivity index (χ2v) is 13.4. The van der Waals surface area contributed by atoms with E-state index in [0.29, 0.717) is 30.9 Å².